The van der Waals surface area contributed by atoms with Gasteiger partial charge in [0.05, 0.1) is 12.3 Å². The molecule has 68 valence electrons. The molecule has 0 radical (unpaired) electrons. The molecule has 0 unspecified atom stereocenters. The van der Waals surface area contributed by atoms with Crippen LogP contribution in [0.3, 0.4) is 0 Å². The predicted octanol–water partition coefficient (Wildman–Crippen LogP) is 3.28. The first-order chi connectivity index (χ1) is 6.81. The first-order valence-electron chi connectivity index (χ1n) is 3.98. The third-order valence-electron chi connectivity index (χ3n) is 1.88. The Kier molecular flexibility index (Phi) is 2.21. The number of aromatic amines is 1. The molecule has 0 amide bonds. The summed E-state index contributed by atoms with van der Waals surface area (Å²) >= 11 is 5.90. The Balaban J connectivity index is 2.49. The number of hydrogen-bond donors (Lipinski definition) is 1. The highest BCUT2D eigenvalue weighted by Gasteiger charge is 2.03. The minimum absolute atomic E-state index is 0.465. The van der Waals surface area contributed by atoms with Gasteiger partial charge >= 0.3 is 0 Å². The van der Waals surface area contributed by atoms with Crippen LogP contribution in [0.2, 0.25) is 5.02 Å². The van der Waals surface area contributed by atoms with Crippen molar-refractivity contribution in [3.05, 3.63) is 46.9 Å². The van der Waals surface area contributed by atoms with E-state index in [1.807, 2.05) is 12.1 Å². The molecule has 1 aromatic heterocycles. The normalized spacial score (nSPS) is 9.71. The Labute approximate surface area is 86.2 Å². The number of aromatic nitrogens is 2. The van der Waals surface area contributed by atoms with Gasteiger partial charge in [-0.05, 0) is 17.7 Å². The molecule has 0 atom stereocenters. The Morgan fingerprint density at radius 1 is 1.36 bits per heavy atom. The predicted molar refractivity (Wildman–Crippen MR) is 55.3 cm³/mol. The van der Waals surface area contributed by atoms with Crippen molar-refractivity contribution in [3.8, 4) is 11.3 Å². The molecule has 2 aromatic rings. The van der Waals surface area contributed by atoms with Crippen molar-refractivity contribution in [1.82, 2.24) is 10.2 Å². The van der Waals surface area contributed by atoms with Gasteiger partial charge in [0, 0.05) is 11.2 Å². The van der Waals surface area contributed by atoms with Gasteiger partial charge in [0.1, 0.15) is 0 Å². The van der Waals surface area contributed by atoms with Crippen molar-refractivity contribution in [1.29, 1.82) is 0 Å². The van der Waals surface area contributed by atoms with Gasteiger partial charge in [0.2, 0.25) is 5.69 Å². The zero-order valence-electron chi connectivity index (χ0n) is 7.16. The van der Waals surface area contributed by atoms with E-state index in [-0.39, 0.29) is 0 Å². The topological polar surface area (TPSA) is 33.0 Å². The lowest BCUT2D eigenvalue weighted by Crippen LogP contribution is -1.77. The zero-order chi connectivity index (χ0) is 9.97. The largest absolute Gasteiger partial charge is 0.278 e. The number of rotatable bonds is 1. The summed E-state index contributed by atoms with van der Waals surface area (Å²) in [5.41, 5.74) is 2.29. The molecule has 0 saturated carbocycles. The van der Waals surface area contributed by atoms with Crippen LogP contribution in [0.25, 0.3) is 16.1 Å². The van der Waals surface area contributed by atoms with Crippen LogP contribution in [0, 0.1) is 6.57 Å². The summed E-state index contributed by atoms with van der Waals surface area (Å²) in [7, 11) is 0. The zero-order valence-corrected chi connectivity index (χ0v) is 7.92. The van der Waals surface area contributed by atoms with E-state index in [9.17, 15) is 0 Å². The van der Waals surface area contributed by atoms with Gasteiger partial charge in [-0.2, -0.15) is 5.10 Å². The fourth-order valence-electron chi connectivity index (χ4n) is 1.18. The Hall–Kier alpha value is -1.79. The van der Waals surface area contributed by atoms with Crippen molar-refractivity contribution in [3.63, 3.8) is 0 Å². The van der Waals surface area contributed by atoms with Crippen LogP contribution in [0.4, 0.5) is 5.69 Å². The fraction of sp³-hybridized carbons (Fsp3) is 0. The molecule has 4 heteroatoms. The Morgan fingerprint density at radius 3 is 2.79 bits per heavy atom. The minimum atomic E-state index is 0.465. The molecule has 1 aromatic carbocycles. The van der Waals surface area contributed by atoms with Crippen LogP contribution >= 0.6 is 11.6 Å². The molecular weight excluding hydrogens is 198 g/mol. The van der Waals surface area contributed by atoms with E-state index in [1.165, 1.54) is 0 Å². The number of nitrogens with one attached hydrogen (secondary N) is 1. The highest BCUT2D eigenvalue weighted by molar-refractivity contribution is 6.33. The van der Waals surface area contributed by atoms with E-state index >= 15 is 0 Å². The average molecular weight is 204 g/mol. The van der Waals surface area contributed by atoms with Gasteiger partial charge in [-0.15, -0.1) is 0 Å². The van der Waals surface area contributed by atoms with Gasteiger partial charge in [-0.3, -0.25) is 5.10 Å². The van der Waals surface area contributed by atoms with Crippen molar-refractivity contribution >= 4 is 17.3 Å². The van der Waals surface area contributed by atoms with Crippen LogP contribution in [0.5, 0.6) is 0 Å². The molecule has 14 heavy (non-hydrogen) atoms. The molecule has 0 fully saturated rings. The molecule has 1 N–H and O–H groups in total. The molecule has 0 aliphatic carbocycles. The van der Waals surface area contributed by atoms with E-state index in [4.69, 9.17) is 18.2 Å². The molecule has 0 bridgehead atoms. The average Bonchev–Trinajstić information content (AvgIpc) is 2.70. The van der Waals surface area contributed by atoms with Crippen LogP contribution in [0.15, 0.2) is 30.5 Å². The van der Waals surface area contributed by atoms with Crippen LogP contribution in [-0.2, 0) is 0 Å². The molecule has 0 spiro atoms. The second kappa shape index (κ2) is 3.52. The maximum absolute atomic E-state index is 6.85. The second-order valence-corrected chi connectivity index (χ2v) is 3.16. The number of H-pyrrole nitrogens is 1. The van der Waals surface area contributed by atoms with E-state index < -0.39 is 0 Å². The first kappa shape index (κ1) is 8.79. The first-order valence-corrected chi connectivity index (χ1v) is 4.36. The van der Waals surface area contributed by atoms with Gasteiger partial charge in [0.15, 0.2) is 0 Å². The highest BCUT2D eigenvalue weighted by Crippen LogP contribution is 2.29. The smallest absolute Gasteiger partial charge is 0.205 e. The maximum Gasteiger partial charge on any atom is 0.205 e. The minimum Gasteiger partial charge on any atom is -0.278 e. The molecule has 1 heterocycles. The summed E-state index contributed by atoms with van der Waals surface area (Å²) in [5.74, 6) is 0. The van der Waals surface area contributed by atoms with Crippen LogP contribution in [-0.4, -0.2) is 10.2 Å². The fourth-order valence-corrected chi connectivity index (χ4v) is 1.40. The quantitative estimate of drug-likeness (QED) is 0.709. The molecule has 3 nitrogen and oxygen atoms in total. The maximum atomic E-state index is 6.85. The molecule has 0 saturated heterocycles. The van der Waals surface area contributed by atoms with Crippen LogP contribution in [0.1, 0.15) is 0 Å². The van der Waals surface area contributed by atoms with Crippen molar-refractivity contribution in [2.45, 2.75) is 0 Å². The summed E-state index contributed by atoms with van der Waals surface area (Å²) in [6.07, 6.45) is 1.67. The Bertz CT molecular complexity index is 483. The molecule has 0 aliphatic rings. The van der Waals surface area contributed by atoms with E-state index in [2.05, 4.69) is 15.0 Å². The Morgan fingerprint density at radius 2 is 2.21 bits per heavy atom. The van der Waals surface area contributed by atoms with E-state index in [0.29, 0.717) is 10.7 Å². The van der Waals surface area contributed by atoms with Crippen molar-refractivity contribution in [2.24, 2.45) is 0 Å². The summed E-state index contributed by atoms with van der Waals surface area (Å²) in [6.45, 7) is 6.85. The highest BCUT2D eigenvalue weighted by atomic mass is 35.5. The number of hydrogen-bond acceptors (Lipinski definition) is 1. The third-order valence-corrected chi connectivity index (χ3v) is 2.18. The molecular formula is C10H6ClN3. The third kappa shape index (κ3) is 1.48. The van der Waals surface area contributed by atoms with Gasteiger partial charge in [-0.1, -0.05) is 23.7 Å². The van der Waals surface area contributed by atoms with Gasteiger partial charge in [0.25, 0.3) is 0 Å². The SMILES string of the molecule is [C-]#[N+]c1ccc(-c2ccn[nH]2)cc1Cl. The number of halogens is 1. The number of nitrogens with zero attached hydrogens (tertiary/aromatic N) is 2. The van der Waals surface area contributed by atoms with Gasteiger partial charge < -0.3 is 0 Å². The van der Waals surface area contributed by atoms with E-state index in [0.717, 1.165) is 11.3 Å². The molecule has 0 aliphatic heterocycles. The number of benzene rings is 1. The summed E-state index contributed by atoms with van der Waals surface area (Å²) in [4.78, 5) is 3.28. The lowest BCUT2D eigenvalue weighted by molar-refractivity contribution is 1.10. The monoisotopic (exact) mass is 203 g/mol. The van der Waals surface area contributed by atoms with Gasteiger partial charge in [-0.25, -0.2) is 4.85 Å². The van der Waals surface area contributed by atoms with Crippen LogP contribution < -0.4 is 0 Å². The van der Waals surface area contributed by atoms with Crippen molar-refractivity contribution in [2.75, 3.05) is 0 Å². The lowest BCUT2D eigenvalue weighted by atomic mass is 10.1. The summed E-state index contributed by atoms with van der Waals surface area (Å²) in [6, 6.07) is 7.14. The summed E-state index contributed by atoms with van der Waals surface area (Å²) in [5, 5.41) is 7.14. The van der Waals surface area contributed by atoms with E-state index in [1.54, 1.807) is 18.3 Å². The summed E-state index contributed by atoms with van der Waals surface area (Å²) < 4.78 is 0. The standard InChI is InChI=1S/C10H6ClN3/c1-12-10-3-2-7(6-8(10)11)9-4-5-13-14-9/h2-6H,(H,13,14). The lowest BCUT2D eigenvalue weighted by Gasteiger charge is -1.99. The molecule has 2 rings (SSSR count). The second-order valence-electron chi connectivity index (χ2n) is 2.75. The van der Waals surface area contributed by atoms with Crippen molar-refractivity contribution < 1.29 is 0 Å².